The van der Waals surface area contributed by atoms with Crippen molar-refractivity contribution in [1.29, 1.82) is 0 Å². The van der Waals surface area contributed by atoms with Crippen molar-refractivity contribution in [3.63, 3.8) is 0 Å². The van der Waals surface area contributed by atoms with Gasteiger partial charge in [0.25, 0.3) is 0 Å². The van der Waals surface area contributed by atoms with E-state index in [1.807, 2.05) is 13.1 Å². The van der Waals surface area contributed by atoms with Gasteiger partial charge in [0.05, 0.1) is 14.2 Å². The van der Waals surface area contributed by atoms with Crippen LogP contribution >= 0.6 is 0 Å². The molecule has 1 aromatic heterocycles. The first kappa shape index (κ1) is 27.9. The summed E-state index contributed by atoms with van der Waals surface area (Å²) in [5.74, 6) is -1.62. The van der Waals surface area contributed by atoms with Crippen molar-refractivity contribution in [2.24, 2.45) is 0 Å². The standard InChI is InChI=1S/C31H32N2O8/c1-32-9-11-33(12-10-32)27(37)15-20(19-13-25(39-2)30(38)26(14-19)40-3)28-21(34)16-22(35)29-23(36)17-24(41-31(28)29)18-7-5-4-6-8-18/h4-8,13-14,16-17,20,34-35,38H,9-12,15H2,1-3H3/t20-/m1/s1. The molecule has 1 saturated heterocycles. The Kier molecular flexibility index (Phi) is 7.76. The number of hydrogen-bond donors (Lipinski definition) is 3. The molecule has 0 saturated carbocycles. The van der Waals surface area contributed by atoms with Crippen molar-refractivity contribution in [2.75, 3.05) is 47.4 Å². The van der Waals surface area contributed by atoms with E-state index >= 15 is 0 Å². The number of hydrogen-bond acceptors (Lipinski definition) is 9. The van der Waals surface area contributed by atoms with Crippen molar-refractivity contribution >= 4 is 16.9 Å². The third kappa shape index (κ3) is 5.38. The molecule has 1 fully saturated rings. The smallest absolute Gasteiger partial charge is 0.223 e. The predicted molar refractivity (Wildman–Crippen MR) is 153 cm³/mol. The number of ether oxygens (including phenoxy) is 2. The fourth-order valence-corrected chi connectivity index (χ4v) is 5.26. The fraction of sp³-hybridized carbons (Fsp3) is 0.290. The number of phenolic OH excluding ortho intramolecular Hbond substituents is 3. The average Bonchev–Trinajstić information content (AvgIpc) is 2.97. The molecule has 41 heavy (non-hydrogen) atoms. The van der Waals surface area contributed by atoms with Crippen LogP contribution in [-0.4, -0.2) is 78.5 Å². The molecule has 214 valence electrons. The van der Waals surface area contributed by atoms with Crippen LogP contribution in [-0.2, 0) is 4.79 Å². The van der Waals surface area contributed by atoms with Crippen molar-refractivity contribution < 1.29 is 34.0 Å². The molecule has 1 aliphatic rings. The Balaban J connectivity index is 1.75. The normalized spacial score (nSPS) is 14.7. The Morgan fingerprint density at radius 1 is 0.927 bits per heavy atom. The molecular weight excluding hydrogens is 528 g/mol. The highest BCUT2D eigenvalue weighted by atomic mass is 16.5. The maximum absolute atomic E-state index is 13.7. The Labute approximate surface area is 236 Å². The molecule has 0 unspecified atom stereocenters. The molecule has 0 aliphatic carbocycles. The lowest BCUT2D eigenvalue weighted by atomic mass is 9.85. The molecule has 1 atom stereocenters. The third-order valence-electron chi connectivity index (χ3n) is 7.54. The zero-order chi connectivity index (χ0) is 29.3. The molecule has 0 radical (unpaired) electrons. The van der Waals surface area contributed by atoms with Gasteiger partial charge in [0.2, 0.25) is 11.7 Å². The summed E-state index contributed by atoms with van der Waals surface area (Å²) in [5.41, 5.74) is 0.683. The summed E-state index contributed by atoms with van der Waals surface area (Å²) < 4.78 is 17.0. The van der Waals surface area contributed by atoms with Crippen molar-refractivity contribution in [3.8, 4) is 40.1 Å². The molecule has 0 bridgehead atoms. The van der Waals surface area contributed by atoms with Gasteiger partial charge in [-0.3, -0.25) is 9.59 Å². The van der Waals surface area contributed by atoms with Crippen LogP contribution in [0.1, 0.15) is 23.5 Å². The van der Waals surface area contributed by atoms with Crippen molar-refractivity contribution in [1.82, 2.24) is 9.80 Å². The van der Waals surface area contributed by atoms with Crippen molar-refractivity contribution in [3.05, 3.63) is 75.9 Å². The number of aromatic hydroxyl groups is 3. The summed E-state index contributed by atoms with van der Waals surface area (Å²) in [7, 11) is 4.77. The van der Waals surface area contributed by atoms with E-state index in [1.165, 1.54) is 20.3 Å². The van der Waals surface area contributed by atoms with E-state index in [4.69, 9.17) is 13.9 Å². The zero-order valence-corrected chi connectivity index (χ0v) is 23.1. The lowest BCUT2D eigenvalue weighted by Crippen LogP contribution is -2.47. The van der Waals surface area contributed by atoms with Gasteiger partial charge in [-0.05, 0) is 24.7 Å². The Morgan fingerprint density at radius 3 is 2.17 bits per heavy atom. The third-order valence-corrected chi connectivity index (χ3v) is 7.54. The Bertz CT molecular complexity index is 1620. The predicted octanol–water partition coefficient (Wildman–Crippen LogP) is 3.89. The van der Waals surface area contributed by atoms with Gasteiger partial charge in [0.15, 0.2) is 16.9 Å². The quantitative estimate of drug-likeness (QED) is 0.308. The number of rotatable bonds is 7. The van der Waals surface area contributed by atoms with E-state index in [2.05, 4.69) is 4.90 Å². The minimum Gasteiger partial charge on any atom is -0.507 e. The maximum Gasteiger partial charge on any atom is 0.223 e. The Hall–Kier alpha value is -4.70. The second kappa shape index (κ2) is 11.4. The highest BCUT2D eigenvalue weighted by molar-refractivity contribution is 5.91. The number of amides is 1. The summed E-state index contributed by atoms with van der Waals surface area (Å²) in [6.45, 7) is 2.53. The SMILES string of the molecule is COc1cc([C@@H](CC(=O)N2CCN(C)CC2)c2c(O)cc(O)c3c(=O)cc(-c4ccccc4)oc23)cc(OC)c1O. The highest BCUT2D eigenvalue weighted by Crippen LogP contribution is 2.46. The largest absolute Gasteiger partial charge is 0.507 e. The molecule has 10 nitrogen and oxygen atoms in total. The van der Waals surface area contributed by atoms with Crippen LogP contribution in [0.4, 0.5) is 0 Å². The van der Waals surface area contributed by atoms with Gasteiger partial charge < -0.3 is 39.0 Å². The first-order valence-corrected chi connectivity index (χ1v) is 13.2. The molecular formula is C31H32N2O8. The number of methoxy groups -OCH3 is 2. The van der Waals surface area contributed by atoms with E-state index in [9.17, 15) is 24.9 Å². The van der Waals surface area contributed by atoms with Gasteiger partial charge in [-0.15, -0.1) is 0 Å². The van der Waals surface area contributed by atoms with E-state index in [-0.39, 0.29) is 57.6 Å². The minimum absolute atomic E-state index is 0.0453. The summed E-state index contributed by atoms with van der Waals surface area (Å²) in [6.07, 6.45) is -0.104. The second-order valence-corrected chi connectivity index (χ2v) is 10.1. The molecule has 5 rings (SSSR count). The van der Waals surface area contributed by atoms with Crippen molar-refractivity contribution in [2.45, 2.75) is 12.3 Å². The lowest BCUT2D eigenvalue weighted by molar-refractivity contribution is -0.133. The number of piperazine rings is 1. The van der Waals surface area contributed by atoms with Crippen LogP contribution in [0, 0.1) is 0 Å². The maximum atomic E-state index is 13.7. The van der Waals surface area contributed by atoms with Gasteiger partial charge in [0.1, 0.15) is 28.2 Å². The first-order valence-electron chi connectivity index (χ1n) is 13.2. The van der Waals surface area contributed by atoms with E-state index in [0.29, 0.717) is 24.2 Å². The summed E-state index contributed by atoms with van der Waals surface area (Å²) in [5, 5.41) is 32.4. The van der Waals surface area contributed by atoms with Crippen LogP contribution < -0.4 is 14.9 Å². The van der Waals surface area contributed by atoms with Gasteiger partial charge in [-0.1, -0.05) is 30.3 Å². The van der Waals surface area contributed by atoms with Crippen LogP contribution in [0.2, 0.25) is 0 Å². The van der Waals surface area contributed by atoms with Crippen LogP contribution in [0.15, 0.2) is 63.8 Å². The topological polar surface area (TPSA) is 133 Å². The number of nitrogens with zero attached hydrogens (tertiary/aromatic N) is 2. The molecule has 4 aromatic rings. The van der Waals surface area contributed by atoms with Crippen LogP contribution in [0.5, 0.6) is 28.7 Å². The van der Waals surface area contributed by atoms with E-state index in [1.54, 1.807) is 41.3 Å². The van der Waals surface area contributed by atoms with Gasteiger partial charge in [0, 0.05) is 61.8 Å². The summed E-state index contributed by atoms with van der Waals surface area (Å²) in [4.78, 5) is 30.9. The molecule has 1 aliphatic heterocycles. The molecule has 3 N–H and O–H groups in total. The minimum atomic E-state index is -0.872. The first-order chi connectivity index (χ1) is 19.7. The summed E-state index contributed by atoms with van der Waals surface area (Å²) in [6, 6.07) is 14.5. The molecule has 2 heterocycles. The summed E-state index contributed by atoms with van der Waals surface area (Å²) >= 11 is 0. The number of fused-ring (bicyclic) bond motifs is 1. The van der Waals surface area contributed by atoms with E-state index in [0.717, 1.165) is 19.2 Å². The van der Waals surface area contributed by atoms with Gasteiger partial charge in [-0.25, -0.2) is 0 Å². The molecule has 1 amide bonds. The molecule has 10 heteroatoms. The number of carbonyl (C=O) groups excluding carboxylic acids is 1. The molecule has 0 spiro atoms. The number of benzene rings is 3. The Morgan fingerprint density at radius 2 is 1.56 bits per heavy atom. The van der Waals surface area contributed by atoms with Crippen LogP contribution in [0.3, 0.4) is 0 Å². The number of carbonyl (C=O) groups is 1. The van der Waals surface area contributed by atoms with Gasteiger partial charge >= 0.3 is 0 Å². The molecule has 3 aromatic carbocycles. The lowest BCUT2D eigenvalue weighted by Gasteiger charge is -2.33. The van der Waals surface area contributed by atoms with Gasteiger partial charge in [-0.2, -0.15) is 0 Å². The highest BCUT2D eigenvalue weighted by Gasteiger charge is 2.31. The second-order valence-electron chi connectivity index (χ2n) is 10.1. The average molecular weight is 561 g/mol. The van der Waals surface area contributed by atoms with Crippen LogP contribution in [0.25, 0.3) is 22.3 Å². The zero-order valence-electron chi connectivity index (χ0n) is 23.1. The monoisotopic (exact) mass is 560 g/mol. The fourth-order valence-electron chi connectivity index (χ4n) is 5.26. The number of phenols is 3. The number of likely N-dealkylation sites (N-methyl/N-ethyl adjacent to an activating group) is 1. The van der Waals surface area contributed by atoms with E-state index < -0.39 is 17.1 Å².